The van der Waals surface area contributed by atoms with E-state index in [1.807, 2.05) is 0 Å². The molecule has 0 bridgehead atoms. The fourth-order valence-electron chi connectivity index (χ4n) is 1.16. The lowest BCUT2D eigenvalue weighted by Gasteiger charge is -2.13. The van der Waals surface area contributed by atoms with Crippen molar-refractivity contribution in [3.63, 3.8) is 0 Å². The molecule has 3 nitrogen and oxygen atoms in total. The molecule has 94 valence electrons. The van der Waals surface area contributed by atoms with Crippen LogP contribution in [-0.4, -0.2) is 30.9 Å². The molecule has 0 aliphatic heterocycles. The predicted molar refractivity (Wildman–Crippen MR) is 68.8 cm³/mol. The average Bonchev–Trinajstić information content (AvgIpc) is 2.28. The molecule has 1 atom stereocenters. The lowest BCUT2D eigenvalue weighted by Crippen LogP contribution is -2.32. The topological polar surface area (TPSA) is 41.5 Å². The van der Waals surface area contributed by atoms with Gasteiger partial charge in [0.25, 0.3) is 0 Å². The second kappa shape index (κ2) is 7.42. The largest absolute Gasteiger partial charge is 0.491 e. The zero-order chi connectivity index (χ0) is 12.7. The molecule has 0 aliphatic carbocycles. The number of rotatable bonds is 7. The zero-order valence-corrected chi connectivity index (χ0v) is 10.9. The van der Waals surface area contributed by atoms with Crippen molar-refractivity contribution < 1.29 is 14.2 Å². The number of nitrogens with one attached hydrogen (secondary N) is 1. The molecule has 0 spiro atoms. The van der Waals surface area contributed by atoms with Crippen molar-refractivity contribution in [2.45, 2.75) is 6.10 Å². The van der Waals surface area contributed by atoms with Crippen LogP contribution in [0.5, 0.6) is 5.75 Å². The van der Waals surface area contributed by atoms with Gasteiger partial charge in [-0.3, -0.25) is 0 Å². The first-order chi connectivity index (χ1) is 8.08. The minimum absolute atomic E-state index is 0.160. The Hall–Kier alpha value is -0.910. The van der Waals surface area contributed by atoms with Crippen LogP contribution < -0.4 is 10.1 Å². The first kappa shape index (κ1) is 14.2. The Morgan fingerprint density at radius 1 is 1.47 bits per heavy atom. The van der Waals surface area contributed by atoms with E-state index in [1.54, 1.807) is 0 Å². The zero-order valence-electron chi connectivity index (χ0n) is 9.33. The summed E-state index contributed by atoms with van der Waals surface area (Å²) in [6.07, 6.45) is -0.619. The smallest absolute Gasteiger partial charge is 0.123 e. The highest BCUT2D eigenvalue weighted by Gasteiger charge is 2.04. The minimum atomic E-state index is -0.619. The number of benzene rings is 1. The molecule has 2 N–H and O–H groups in total. The molecule has 1 unspecified atom stereocenters. The van der Waals surface area contributed by atoms with Crippen LogP contribution in [0.1, 0.15) is 0 Å². The van der Waals surface area contributed by atoms with Gasteiger partial charge in [0.1, 0.15) is 24.3 Å². The van der Waals surface area contributed by atoms with E-state index in [1.165, 1.54) is 24.3 Å². The maximum atomic E-state index is 12.6. The molecule has 1 aromatic carbocycles. The summed E-state index contributed by atoms with van der Waals surface area (Å²) >= 11 is 3.20. The SMILES string of the molecule is C=C(Br)CNCC(O)COc1ccc(F)cc1. The van der Waals surface area contributed by atoms with Crippen molar-refractivity contribution in [2.24, 2.45) is 0 Å². The highest BCUT2D eigenvalue weighted by molar-refractivity contribution is 9.11. The Bertz CT molecular complexity index is 356. The molecule has 0 heterocycles. The fraction of sp³-hybridized carbons (Fsp3) is 0.333. The van der Waals surface area contributed by atoms with Crippen molar-refractivity contribution in [3.8, 4) is 5.75 Å². The third kappa shape index (κ3) is 6.41. The van der Waals surface area contributed by atoms with E-state index in [9.17, 15) is 9.50 Å². The highest BCUT2D eigenvalue weighted by atomic mass is 79.9. The summed E-state index contributed by atoms with van der Waals surface area (Å²) in [5.74, 6) is 0.228. The average molecular weight is 304 g/mol. The highest BCUT2D eigenvalue weighted by Crippen LogP contribution is 2.11. The molecular formula is C12H15BrFNO2. The summed E-state index contributed by atoms with van der Waals surface area (Å²) in [6.45, 7) is 4.82. The van der Waals surface area contributed by atoms with E-state index in [4.69, 9.17) is 4.74 Å². The third-order valence-corrected chi connectivity index (χ3v) is 2.23. The fourth-order valence-corrected chi connectivity index (χ4v) is 1.35. The van der Waals surface area contributed by atoms with Crippen LogP contribution in [0.4, 0.5) is 4.39 Å². The van der Waals surface area contributed by atoms with Crippen molar-refractivity contribution in [1.29, 1.82) is 0 Å². The maximum Gasteiger partial charge on any atom is 0.123 e. The Morgan fingerprint density at radius 2 is 2.12 bits per heavy atom. The van der Waals surface area contributed by atoms with Gasteiger partial charge in [0, 0.05) is 17.6 Å². The van der Waals surface area contributed by atoms with Gasteiger partial charge in [-0.25, -0.2) is 4.39 Å². The first-order valence-corrected chi connectivity index (χ1v) is 5.97. The van der Waals surface area contributed by atoms with E-state index in [2.05, 4.69) is 27.8 Å². The third-order valence-electron chi connectivity index (χ3n) is 1.95. The van der Waals surface area contributed by atoms with Gasteiger partial charge in [0.05, 0.1) is 0 Å². The van der Waals surface area contributed by atoms with Gasteiger partial charge in [-0.05, 0) is 24.3 Å². The molecular weight excluding hydrogens is 289 g/mol. The van der Waals surface area contributed by atoms with Crippen LogP contribution in [0.15, 0.2) is 35.3 Å². The Balaban J connectivity index is 2.21. The maximum absolute atomic E-state index is 12.6. The van der Waals surface area contributed by atoms with Gasteiger partial charge in [0.2, 0.25) is 0 Å². The van der Waals surface area contributed by atoms with Crippen LogP contribution in [0.25, 0.3) is 0 Å². The van der Waals surface area contributed by atoms with E-state index in [-0.39, 0.29) is 12.4 Å². The summed E-state index contributed by atoms with van der Waals surface area (Å²) in [5, 5.41) is 12.6. The summed E-state index contributed by atoms with van der Waals surface area (Å²) in [6, 6.07) is 5.68. The van der Waals surface area contributed by atoms with E-state index < -0.39 is 6.10 Å². The quantitative estimate of drug-likeness (QED) is 0.810. The van der Waals surface area contributed by atoms with Crippen molar-refractivity contribution in [1.82, 2.24) is 5.32 Å². The van der Waals surface area contributed by atoms with E-state index >= 15 is 0 Å². The van der Waals surface area contributed by atoms with Gasteiger partial charge in [0.15, 0.2) is 0 Å². The number of aliphatic hydroxyl groups excluding tert-OH is 1. The van der Waals surface area contributed by atoms with E-state index in [0.717, 1.165) is 4.48 Å². The number of hydrogen-bond donors (Lipinski definition) is 2. The first-order valence-electron chi connectivity index (χ1n) is 5.18. The Kier molecular flexibility index (Phi) is 6.18. The summed E-state index contributed by atoms with van der Waals surface area (Å²) in [7, 11) is 0. The Morgan fingerprint density at radius 3 is 2.71 bits per heavy atom. The molecule has 1 aromatic rings. The minimum Gasteiger partial charge on any atom is -0.491 e. The van der Waals surface area contributed by atoms with Crippen LogP contribution in [0.3, 0.4) is 0 Å². The van der Waals surface area contributed by atoms with Gasteiger partial charge in [-0.1, -0.05) is 22.5 Å². The molecule has 0 radical (unpaired) electrons. The molecule has 1 rings (SSSR count). The summed E-state index contributed by atoms with van der Waals surface area (Å²) in [5.41, 5.74) is 0. The lowest BCUT2D eigenvalue weighted by atomic mass is 10.3. The number of hydrogen-bond acceptors (Lipinski definition) is 3. The van der Waals surface area contributed by atoms with E-state index in [0.29, 0.717) is 18.8 Å². The van der Waals surface area contributed by atoms with Crippen LogP contribution in [-0.2, 0) is 0 Å². The second-order valence-electron chi connectivity index (χ2n) is 3.57. The van der Waals surface area contributed by atoms with Crippen LogP contribution in [0.2, 0.25) is 0 Å². The molecule has 0 saturated heterocycles. The number of halogens is 2. The normalized spacial score (nSPS) is 12.2. The van der Waals surface area contributed by atoms with Gasteiger partial charge in [-0.15, -0.1) is 0 Å². The molecule has 0 aliphatic rings. The second-order valence-corrected chi connectivity index (χ2v) is 4.69. The lowest BCUT2D eigenvalue weighted by molar-refractivity contribution is 0.107. The molecule has 0 amide bonds. The Labute approximate surface area is 108 Å². The van der Waals surface area contributed by atoms with Gasteiger partial charge >= 0.3 is 0 Å². The molecule has 17 heavy (non-hydrogen) atoms. The van der Waals surface area contributed by atoms with Crippen molar-refractivity contribution in [2.75, 3.05) is 19.7 Å². The van der Waals surface area contributed by atoms with Gasteiger partial charge in [-0.2, -0.15) is 0 Å². The monoisotopic (exact) mass is 303 g/mol. The molecule has 0 fully saturated rings. The summed E-state index contributed by atoms with van der Waals surface area (Å²) in [4.78, 5) is 0. The van der Waals surface area contributed by atoms with Crippen molar-refractivity contribution >= 4 is 15.9 Å². The predicted octanol–water partition coefficient (Wildman–Crippen LogP) is 2.06. The number of aliphatic hydroxyl groups is 1. The van der Waals surface area contributed by atoms with Gasteiger partial charge < -0.3 is 15.2 Å². The molecule has 0 saturated carbocycles. The summed E-state index contributed by atoms with van der Waals surface area (Å²) < 4.78 is 18.7. The van der Waals surface area contributed by atoms with Crippen LogP contribution >= 0.6 is 15.9 Å². The molecule has 0 aromatic heterocycles. The molecule has 5 heteroatoms. The van der Waals surface area contributed by atoms with Crippen molar-refractivity contribution in [3.05, 3.63) is 41.1 Å². The van der Waals surface area contributed by atoms with Crippen LogP contribution in [0, 0.1) is 5.82 Å². The number of ether oxygens (including phenoxy) is 1. The standard InChI is InChI=1S/C12H15BrFNO2/c1-9(13)6-15-7-11(16)8-17-12-4-2-10(14)3-5-12/h2-5,11,15-16H,1,6-8H2.